The second-order valence-electron chi connectivity index (χ2n) is 6.95. The molecule has 2 fully saturated rings. The first-order chi connectivity index (χ1) is 10.6. The number of nitrogens with one attached hydrogen (secondary N) is 1. The third-order valence-electron chi connectivity index (χ3n) is 5.07. The van der Waals surface area contributed by atoms with Gasteiger partial charge in [0.2, 0.25) is 0 Å². The number of carbonyl (C=O) groups is 1. The van der Waals surface area contributed by atoms with Crippen LogP contribution in [-0.4, -0.2) is 43.0 Å². The molecule has 1 aromatic carbocycles. The lowest BCUT2D eigenvalue weighted by Crippen LogP contribution is -2.37. The van der Waals surface area contributed by atoms with Gasteiger partial charge in [-0.1, -0.05) is 12.1 Å². The Bertz CT molecular complexity index is 516. The molecule has 3 rings (SSSR count). The lowest BCUT2D eigenvalue weighted by atomic mass is 9.94. The van der Waals surface area contributed by atoms with Gasteiger partial charge in [-0.3, -0.25) is 4.79 Å². The van der Waals surface area contributed by atoms with Crippen molar-refractivity contribution in [1.29, 1.82) is 0 Å². The molecule has 4 nitrogen and oxygen atoms in total. The fourth-order valence-electron chi connectivity index (χ4n) is 3.40. The van der Waals surface area contributed by atoms with Gasteiger partial charge in [0.15, 0.2) is 0 Å². The van der Waals surface area contributed by atoms with Crippen molar-refractivity contribution >= 4 is 5.91 Å². The molecule has 0 aromatic heterocycles. The SMILES string of the molecule is CC(CN)NC(=O)c1ccc(C2(CN3CCCC3)CC2)cc1. The number of rotatable bonds is 6. The van der Waals surface area contributed by atoms with Gasteiger partial charge in [-0.2, -0.15) is 0 Å². The normalized spacial score (nSPS) is 21.5. The Balaban J connectivity index is 1.65. The topological polar surface area (TPSA) is 58.4 Å². The van der Waals surface area contributed by atoms with Gasteiger partial charge in [-0.25, -0.2) is 0 Å². The average Bonchev–Trinajstić information content (AvgIpc) is 3.13. The van der Waals surface area contributed by atoms with Crippen LogP contribution in [0.1, 0.15) is 48.5 Å². The monoisotopic (exact) mass is 301 g/mol. The predicted octanol–water partition coefficient (Wildman–Crippen LogP) is 1.89. The minimum absolute atomic E-state index is 0.0112. The maximum absolute atomic E-state index is 12.1. The van der Waals surface area contributed by atoms with Crippen molar-refractivity contribution in [2.75, 3.05) is 26.2 Å². The lowest BCUT2D eigenvalue weighted by Gasteiger charge is -2.23. The minimum atomic E-state index is -0.0334. The van der Waals surface area contributed by atoms with Gasteiger partial charge in [0.25, 0.3) is 5.91 Å². The van der Waals surface area contributed by atoms with Crippen LogP contribution in [0.3, 0.4) is 0 Å². The highest BCUT2D eigenvalue weighted by molar-refractivity contribution is 5.94. The van der Waals surface area contributed by atoms with Crippen molar-refractivity contribution in [3.05, 3.63) is 35.4 Å². The molecule has 2 aliphatic rings. The predicted molar refractivity (Wildman–Crippen MR) is 89.0 cm³/mol. The van der Waals surface area contributed by atoms with Crippen LogP contribution in [0.5, 0.6) is 0 Å². The number of nitrogens with zero attached hydrogens (tertiary/aromatic N) is 1. The maximum Gasteiger partial charge on any atom is 0.251 e. The minimum Gasteiger partial charge on any atom is -0.348 e. The van der Waals surface area contributed by atoms with Gasteiger partial charge in [0.05, 0.1) is 0 Å². The lowest BCUT2D eigenvalue weighted by molar-refractivity contribution is 0.0941. The molecule has 4 heteroatoms. The van der Waals surface area contributed by atoms with E-state index < -0.39 is 0 Å². The van der Waals surface area contributed by atoms with Crippen LogP contribution in [-0.2, 0) is 5.41 Å². The quantitative estimate of drug-likeness (QED) is 0.843. The van der Waals surface area contributed by atoms with E-state index in [0.29, 0.717) is 12.0 Å². The zero-order valence-corrected chi connectivity index (χ0v) is 13.5. The Hall–Kier alpha value is -1.39. The molecule has 0 bridgehead atoms. The summed E-state index contributed by atoms with van der Waals surface area (Å²) in [6, 6.07) is 8.21. The number of likely N-dealkylation sites (tertiary alicyclic amines) is 1. The molecule has 1 atom stereocenters. The molecule has 0 spiro atoms. The van der Waals surface area contributed by atoms with Crippen molar-refractivity contribution < 1.29 is 4.79 Å². The van der Waals surface area contributed by atoms with Crippen molar-refractivity contribution in [3.8, 4) is 0 Å². The van der Waals surface area contributed by atoms with Crippen LogP contribution in [0.15, 0.2) is 24.3 Å². The molecule has 3 N–H and O–H groups in total. The number of benzene rings is 1. The van der Waals surface area contributed by atoms with E-state index in [0.717, 1.165) is 5.56 Å². The highest BCUT2D eigenvalue weighted by Crippen LogP contribution is 2.49. The molecule has 22 heavy (non-hydrogen) atoms. The summed E-state index contributed by atoms with van der Waals surface area (Å²) in [5.74, 6) is -0.0334. The van der Waals surface area contributed by atoms with Crippen LogP contribution in [0.4, 0.5) is 0 Å². The summed E-state index contributed by atoms with van der Waals surface area (Å²) in [6.45, 7) is 6.06. The van der Waals surface area contributed by atoms with E-state index in [2.05, 4.69) is 22.3 Å². The van der Waals surface area contributed by atoms with Crippen molar-refractivity contribution in [1.82, 2.24) is 10.2 Å². The number of nitrogens with two attached hydrogens (primary N) is 1. The summed E-state index contributed by atoms with van der Waals surface area (Å²) in [5, 5.41) is 2.91. The molecule has 1 saturated heterocycles. The van der Waals surface area contributed by atoms with Gasteiger partial charge in [-0.05, 0) is 63.4 Å². The molecule has 0 radical (unpaired) electrons. The van der Waals surface area contributed by atoms with Crippen LogP contribution in [0.2, 0.25) is 0 Å². The first-order valence-corrected chi connectivity index (χ1v) is 8.47. The van der Waals surface area contributed by atoms with Crippen LogP contribution >= 0.6 is 0 Å². The first kappa shape index (κ1) is 15.5. The number of hydrogen-bond acceptors (Lipinski definition) is 3. The van der Waals surface area contributed by atoms with E-state index in [9.17, 15) is 4.79 Å². The summed E-state index contributed by atoms with van der Waals surface area (Å²) >= 11 is 0. The van der Waals surface area contributed by atoms with Crippen molar-refractivity contribution in [3.63, 3.8) is 0 Å². The van der Waals surface area contributed by atoms with Crippen LogP contribution in [0, 0.1) is 0 Å². The highest BCUT2D eigenvalue weighted by Gasteiger charge is 2.45. The highest BCUT2D eigenvalue weighted by atomic mass is 16.1. The first-order valence-electron chi connectivity index (χ1n) is 8.47. The third kappa shape index (κ3) is 3.33. The standard InChI is InChI=1S/C18H27N3O/c1-14(12-19)20-17(22)15-4-6-16(7-5-15)18(8-9-18)13-21-10-2-3-11-21/h4-7,14H,2-3,8-13,19H2,1H3,(H,20,22). The van der Waals surface area contributed by atoms with E-state index in [-0.39, 0.29) is 11.9 Å². The average molecular weight is 301 g/mol. The van der Waals surface area contributed by atoms with Crippen LogP contribution in [0.25, 0.3) is 0 Å². The molecule has 1 saturated carbocycles. The Morgan fingerprint density at radius 1 is 1.27 bits per heavy atom. The number of amides is 1. The molecular formula is C18H27N3O. The van der Waals surface area contributed by atoms with E-state index in [4.69, 9.17) is 5.73 Å². The Morgan fingerprint density at radius 2 is 1.91 bits per heavy atom. The molecule has 1 aliphatic heterocycles. The molecule has 1 aromatic rings. The number of carbonyl (C=O) groups excluding carboxylic acids is 1. The molecule has 120 valence electrons. The van der Waals surface area contributed by atoms with Gasteiger partial charge < -0.3 is 16.0 Å². The third-order valence-corrected chi connectivity index (χ3v) is 5.07. The molecule has 1 amide bonds. The summed E-state index contributed by atoms with van der Waals surface area (Å²) < 4.78 is 0. The van der Waals surface area contributed by atoms with Crippen LogP contribution < -0.4 is 11.1 Å². The van der Waals surface area contributed by atoms with Gasteiger partial charge >= 0.3 is 0 Å². The zero-order valence-electron chi connectivity index (χ0n) is 13.5. The fourth-order valence-corrected chi connectivity index (χ4v) is 3.40. The summed E-state index contributed by atoms with van der Waals surface area (Å²) in [4.78, 5) is 14.7. The second-order valence-corrected chi connectivity index (χ2v) is 6.95. The zero-order chi connectivity index (χ0) is 15.6. The Kier molecular flexibility index (Phi) is 4.50. The van der Waals surface area contributed by atoms with Crippen molar-refractivity contribution in [2.24, 2.45) is 5.73 Å². The number of hydrogen-bond donors (Lipinski definition) is 2. The van der Waals surface area contributed by atoms with Gasteiger partial charge in [0.1, 0.15) is 0 Å². The van der Waals surface area contributed by atoms with E-state index in [1.54, 1.807) is 0 Å². The molecule has 1 heterocycles. The van der Waals surface area contributed by atoms with E-state index in [1.165, 1.54) is 50.9 Å². The Morgan fingerprint density at radius 3 is 2.45 bits per heavy atom. The summed E-state index contributed by atoms with van der Waals surface area (Å²) in [6.07, 6.45) is 5.24. The van der Waals surface area contributed by atoms with Crippen molar-refractivity contribution in [2.45, 2.75) is 44.1 Å². The Labute approximate surface area is 133 Å². The smallest absolute Gasteiger partial charge is 0.251 e. The maximum atomic E-state index is 12.1. The molecular weight excluding hydrogens is 274 g/mol. The van der Waals surface area contributed by atoms with E-state index >= 15 is 0 Å². The van der Waals surface area contributed by atoms with E-state index in [1.807, 2.05) is 19.1 Å². The molecule has 1 aliphatic carbocycles. The molecule has 1 unspecified atom stereocenters. The fraction of sp³-hybridized carbons (Fsp3) is 0.611. The summed E-state index contributed by atoms with van der Waals surface area (Å²) in [7, 11) is 0. The largest absolute Gasteiger partial charge is 0.348 e. The second kappa shape index (κ2) is 6.39. The van der Waals surface area contributed by atoms with Gasteiger partial charge in [-0.15, -0.1) is 0 Å². The van der Waals surface area contributed by atoms with Gasteiger partial charge in [0, 0.05) is 30.1 Å². The summed E-state index contributed by atoms with van der Waals surface area (Å²) in [5.41, 5.74) is 8.01.